The minimum Gasteiger partial charge on any atom is -0.497 e. The fourth-order valence-corrected chi connectivity index (χ4v) is 2.05. The van der Waals surface area contributed by atoms with Crippen molar-refractivity contribution in [2.24, 2.45) is 0 Å². The number of carbonyl (C=O) groups is 2. The highest BCUT2D eigenvalue weighted by molar-refractivity contribution is 6.31. The number of nitrogens with one attached hydrogen (secondary N) is 1. The maximum Gasteiger partial charge on any atom is 0.341 e. The molecule has 0 spiro atoms. The number of rotatable bonds is 5. The molecule has 2 aromatic rings. The summed E-state index contributed by atoms with van der Waals surface area (Å²) in [5.41, 5.74) is 1.07. The third-order valence-corrected chi connectivity index (χ3v) is 3.59. The quantitative estimate of drug-likeness (QED) is 0.836. The first-order chi connectivity index (χ1) is 11.4. The Bertz CT molecular complexity index is 779. The number of methoxy groups -OCH3 is 1. The van der Waals surface area contributed by atoms with E-state index in [0.717, 1.165) is 11.6 Å². The second-order valence-corrected chi connectivity index (χ2v) is 5.34. The van der Waals surface area contributed by atoms with Crippen LogP contribution in [0.4, 0.5) is 10.1 Å². The van der Waals surface area contributed by atoms with E-state index < -0.39 is 24.3 Å². The number of esters is 1. The van der Waals surface area contributed by atoms with Crippen LogP contribution < -0.4 is 10.1 Å². The predicted molar refractivity (Wildman–Crippen MR) is 88.1 cm³/mol. The number of amides is 1. The number of anilines is 1. The first-order valence-corrected chi connectivity index (χ1v) is 7.35. The molecule has 2 rings (SSSR count). The minimum atomic E-state index is -0.938. The molecule has 0 aromatic heterocycles. The van der Waals surface area contributed by atoms with E-state index in [2.05, 4.69) is 5.32 Å². The van der Waals surface area contributed by atoms with Gasteiger partial charge in [0.2, 0.25) is 0 Å². The van der Waals surface area contributed by atoms with E-state index in [9.17, 15) is 14.0 Å². The van der Waals surface area contributed by atoms with Crippen molar-refractivity contribution < 1.29 is 23.5 Å². The van der Waals surface area contributed by atoms with E-state index in [1.165, 1.54) is 19.2 Å². The lowest BCUT2D eigenvalue weighted by Gasteiger charge is -2.08. The van der Waals surface area contributed by atoms with Crippen molar-refractivity contribution in [1.29, 1.82) is 0 Å². The molecule has 126 valence electrons. The molecule has 1 amide bonds. The van der Waals surface area contributed by atoms with Gasteiger partial charge in [-0.2, -0.15) is 0 Å². The van der Waals surface area contributed by atoms with E-state index in [1.807, 2.05) is 6.92 Å². The lowest BCUT2D eigenvalue weighted by atomic mass is 10.2. The lowest BCUT2D eigenvalue weighted by Crippen LogP contribution is -2.21. The SMILES string of the molecule is COc1ccc(C(=O)OCC(=O)Nc2ccc(C)c(Cl)c2)c(F)c1. The molecular formula is C17H15ClFNO4. The minimum absolute atomic E-state index is 0.276. The predicted octanol–water partition coefficient (Wildman–Crippen LogP) is 3.59. The van der Waals surface area contributed by atoms with Gasteiger partial charge in [0.15, 0.2) is 6.61 Å². The summed E-state index contributed by atoms with van der Waals surface area (Å²) in [6.45, 7) is 1.29. The summed E-state index contributed by atoms with van der Waals surface area (Å²) in [4.78, 5) is 23.6. The first kappa shape index (κ1) is 17.7. The van der Waals surface area contributed by atoms with Gasteiger partial charge in [0.1, 0.15) is 11.6 Å². The Kier molecular flexibility index (Phi) is 5.76. The van der Waals surface area contributed by atoms with Crippen LogP contribution in [0.2, 0.25) is 5.02 Å². The van der Waals surface area contributed by atoms with Crippen LogP contribution in [0.1, 0.15) is 15.9 Å². The van der Waals surface area contributed by atoms with Crippen molar-refractivity contribution in [3.63, 3.8) is 0 Å². The largest absolute Gasteiger partial charge is 0.497 e. The number of benzene rings is 2. The van der Waals surface area contributed by atoms with Gasteiger partial charge in [-0.25, -0.2) is 9.18 Å². The third-order valence-electron chi connectivity index (χ3n) is 3.19. The summed E-state index contributed by atoms with van der Waals surface area (Å²) in [5.74, 6) is -2.01. The van der Waals surface area contributed by atoms with Crippen molar-refractivity contribution >= 4 is 29.2 Å². The lowest BCUT2D eigenvalue weighted by molar-refractivity contribution is -0.119. The summed E-state index contributed by atoms with van der Waals surface area (Å²) < 4.78 is 23.4. The number of halogens is 2. The maximum absolute atomic E-state index is 13.7. The normalized spacial score (nSPS) is 10.2. The Balaban J connectivity index is 1.93. The zero-order valence-electron chi connectivity index (χ0n) is 13.1. The molecule has 0 fully saturated rings. The summed E-state index contributed by atoms with van der Waals surface area (Å²) >= 11 is 5.96. The number of ether oxygens (including phenoxy) is 2. The number of hydrogen-bond acceptors (Lipinski definition) is 4. The average molecular weight is 352 g/mol. The fourth-order valence-electron chi connectivity index (χ4n) is 1.86. The summed E-state index contributed by atoms with van der Waals surface area (Å²) in [5, 5.41) is 3.04. The smallest absolute Gasteiger partial charge is 0.341 e. The van der Waals surface area contributed by atoms with Gasteiger partial charge in [-0.1, -0.05) is 17.7 Å². The zero-order chi connectivity index (χ0) is 17.7. The third kappa shape index (κ3) is 4.45. The average Bonchev–Trinajstić information content (AvgIpc) is 2.56. The molecule has 0 aliphatic heterocycles. The van der Waals surface area contributed by atoms with Crippen molar-refractivity contribution in [2.75, 3.05) is 19.0 Å². The van der Waals surface area contributed by atoms with E-state index >= 15 is 0 Å². The van der Waals surface area contributed by atoms with Crippen LogP contribution in [0, 0.1) is 12.7 Å². The molecule has 0 bridgehead atoms. The van der Waals surface area contributed by atoms with Gasteiger partial charge < -0.3 is 14.8 Å². The molecule has 5 nitrogen and oxygen atoms in total. The molecule has 24 heavy (non-hydrogen) atoms. The molecule has 0 saturated carbocycles. The Morgan fingerprint density at radius 3 is 2.58 bits per heavy atom. The first-order valence-electron chi connectivity index (χ1n) is 6.97. The highest BCUT2D eigenvalue weighted by atomic mass is 35.5. The van der Waals surface area contributed by atoms with Gasteiger partial charge in [0.05, 0.1) is 12.7 Å². The molecule has 0 aliphatic rings. The van der Waals surface area contributed by atoms with E-state index in [4.69, 9.17) is 21.1 Å². The zero-order valence-corrected chi connectivity index (χ0v) is 13.8. The van der Waals surface area contributed by atoms with Crippen LogP contribution in [-0.2, 0) is 9.53 Å². The van der Waals surface area contributed by atoms with Crippen LogP contribution in [0.5, 0.6) is 5.75 Å². The monoisotopic (exact) mass is 351 g/mol. The van der Waals surface area contributed by atoms with E-state index in [-0.39, 0.29) is 11.3 Å². The topological polar surface area (TPSA) is 64.6 Å². The van der Waals surface area contributed by atoms with Gasteiger partial charge >= 0.3 is 5.97 Å². The Labute approximate surface area is 143 Å². The molecule has 2 aromatic carbocycles. The molecule has 0 heterocycles. The second kappa shape index (κ2) is 7.79. The molecule has 0 unspecified atom stereocenters. The molecule has 1 N–H and O–H groups in total. The van der Waals surface area contributed by atoms with Gasteiger partial charge in [-0.3, -0.25) is 4.79 Å². The van der Waals surface area contributed by atoms with Crippen LogP contribution in [0.3, 0.4) is 0 Å². The Hall–Kier alpha value is -2.60. The van der Waals surface area contributed by atoms with Crippen molar-refractivity contribution in [3.8, 4) is 5.75 Å². The van der Waals surface area contributed by atoms with E-state index in [0.29, 0.717) is 10.7 Å². The molecule has 7 heteroatoms. The van der Waals surface area contributed by atoms with E-state index in [1.54, 1.807) is 18.2 Å². The van der Waals surface area contributed by atoms with Gasteiger partial charge in [-0.15, -0.1) is 0 Å². The Morgan fingerprint density at radius 2 is 1.96 bits per heavy atom. The highest BCUT2D eigenvalue weighted by Crippen LogP contribution is 2.20. The van der Waals surface area contributed by atoms with Gasteiger partial charge in [0.25, 0.3) is 5.91 Å². The number of aryl methyl sites for hydroxylation is 1. The molecule has 0 radical (unpaired) electrons. The van der Waals surface area contributed by atoms with Crippen molar-refractivity contribution in [2.45, 2.75) is 6.92 Å². The summed E-state index contributed by atoms with van der Waals surface area (Å²) in [6, 6.07) is 8.72. The van der Waals surface area contributed by atoms with Crippen LogP contribution in [0.15, 0.2) is 36.4 Å². The molecular weight excluding hydrogens is 337 g/mol. The second-order valence-electron chi connectivity index (χ2n) is 4.93. The maximum atomic E-state index is 13.7. The van der Waals surface area contributed by atoms with Gasteiger partial charge in [-0.05, 0) is 36.8 Å². The molecule has 0 atom stereocenters. The summed E-state index contributed by atoms with van der Waals surface area (Å²) in [7, 11) is 1.38. The van der Waals surface area contributed by atoms with Crippen molar-refractivity contribution in [1.82, 2.24) is 0 Å². The van der Waals surface area contributed by atoms with Crippen molar-refractivity contribution in [3.05, 3.63) is 58.4 Å². The molecule has 0 aliphatic carbocycles. The van der Waals surface area contributed by atoms with Crippen LogP contribution in [-0.4, -0.2) is 25.6 Å². The molecule has 0 saturated heterocycles. The van der Waals surface area contributed by atoms with Crippen LogP contribution in [0.25, 0.3) is 0 Å². The fraction of sp³-hybridized carbons (Fsp3) is 0.176. The number of hydrogen-bond donors (Lipinski definition) is 1. The van der Waals surface area contributed by atoms with Crippen LogP contribution >= 0.6 is 11.6 Å². The summed E-state index contributed by atoms with van der Waals surface area (Å²) in [6.07, 6.45) is 0. The number of carbonyl (C=O) groups excluding carboxylic acids is 2. The van der Waals surface area contributed by atoms with Gasteiger partial charge in [0, 0.05) is 16.8 Å². The standard InChI is InChI=1S/C17H15ClFNO4/c1-10-3-4-11(7-14(10)18)20-16(21)9-24-17(22)13-6-5-12(23-2)8-15(13)19/h3-8H,9H2,1-2H3,(H,20,21). The highest BCUT2D eigenvalue weighted by Gasteiger charge is 2.15. The Morgan fingerprint density at radius 1 is 1.21 bits per heavy atom.